The van der Waals surface area contributed by atoms with E-state index < -0.39 is 15.6 Å². The molecule has 5 heteroatoms. The van der Waals surface area contributed by atoms with Gasteiger partial charge in [-0.2, -0.15) is 0 Å². The predicted molar refractivity (Wildman–Crippen MR) is 125 cm³/mol. The van der Waals surface area contributed by atoms with Gasteiger partial charge in [-0.25, -0.2) is 0 Å². The second kappa shape index (κ2) is 20.2. The van der Waals surface area contributed by atoms with Crippen LogP contribution in [0.4, 0.5) is 0 Å². The molecule has 0 fully saturated rings. The standard InChI is InChI=1S/2C8H17.2C2H7NS.Sn/c2*1-3-5-7-8-6-4-2;2*3-1-2-4;/h2*1,3-8H2,2H3;2*4H,1-3H2;/q;;;;+2/p-2. The van der Waals surface area contributed by atoms with Gasteiger partial charge in [-0.05, 0) is 0 Å². The monoisotopic (exact) mass is 498 g/mol. The Balaban J connectivity index is 4.35. The quantitative estimate of drug-likeness (QED) is 0.148. The van der Waals surface area contributed by atoms with E-state index in [2.05, 4.69) is 31.7 Å². The van der Waals surface area contributed by atoms with Crippen LogP contribution in [-0.2, 0) is 0 Å². The summed E-state index contributed by atoms with van der Waals surface area (Å²) >= 11 is -2.16. The van der Waals surface area contributed by atoms with Gasteiger partial charge in [0.1, 0.15) is 0 Å². The molecule has 25 heavy (non-hydrogen) atoms. The normalized spacial score (nSPS) is 12.0. The van der Waals surface area contributed by atoms with E-state index in [-0.39, 0.29) is 0 Å². The van der Waals surface area contributed by atoms with Crippen LogP contribution in [0.25, 0.3) is 0 Å². The van der Waals surface area contributed by atoms with Crippen LogP contribution >= 0.6 is 17.9 Å². The van der Waals surface area contributed by atoms with Gasteiger partial charge in [0.25, 0.3) is 0 Å². The first-order valence-corrected chi connectivity index (χ1v) is 23.9. The average molecular weight is 497 g/mol. The first-order chi connectivity index (χ1) is 12.2. The first-order valence-electron chi connectivity index (χ1n) is 10.9. The Morgan fingerprint density at radius 1 is 0.560 bits per heavy atom. The molecular weight excluding hydrogens is 451 g/mol. The number of rotatable bonds is 20. The second-order valence-corrected chi connectivity index (χ2v) is 33.8. The number of unbranched alkanes of at least 4 members (excludes halogenated alkanes) is 10. The summed E-state index contributed by atoms with van der Waals surface area (Å²) < 4.78 is 3.09. The topological polar surface area (TPSA) is 52.0 Å². The first kappa shape index (κ1) is 26.4. The number of hydrogen-bond donors (Lipinski definition) is 2. The predicted octanol–water partition coefficient (Wildman–Crippen LogP) is 6.53. The summed E-state index contributed by atoms with van der Waals surface area (Å²) in [5, 5.41) is 0. The summed E-state index contributed by atoms with van der Waals surface area (Å²) in [5.74, 6) is 2.36. The van der Waals surface area contributed by atoms with E-state index in [0.717, 1.165) is 13.1 Å². The molecule has 152 valence electrons. The van der Waals surface area contributed by atoms with E-state index >= 15 is 0 Å². The summed E-state index contributed by atoms with van der Waals surface area (Å²) in [7, 11) is 4.68. The molecule has 0 rings (SSSR count). The van der Waals surface area contributed by atoms with E-state index in [1.807, 2.05) is 0 Å². The molecule has 0 spiro atoms. The van der Waals surface area contributed by atoms with Gasteiger partial charge in [0.05, 0.1) is 0 Å². The van der Waals surface area contributed by atoms with Crippen LogP contribution in [0, 0.1) is 0 Å². The SMILES string of the molecule is CCCCCCC[CH2][Sn]([CH2]CCCCCCC)([S]CCN)[S]CCN. The van der Waals surface area contributed by atoms with Gasteiger partial charge in [-0.1, -0.05) is 0 Å². The molecule has 0 bridgehead atoms. The zero-order chi connectivity index (χ0) is 18.6. The molecule has 0 unspecified atom stereocenters. The molecule has 0 aromatic carbocycles. The Bertz CT molecular complexity index is 242. The third-order valence-electron chi connectivity index (χ3n) is 4.79. The molecule has 0 amide bonds. The maximum atomic E-state index is 5.86. The van der Waals surface area contributed by atoms with Crippen LogP contribution < -0.4 is 11.5 Å². The molecule has 0 heterocycles. The number of nitrogens with two attached hydrogens (primary N) is 2. The van der Waals surface area contributed by atoms with Gasteiger partial charge in [0, 0.05) is 0 Å². The van der Waals surface area contributed by atoms with E-state index in [0.29, 0.717) is 0 Å². The van der Waals surface area contributed by atoms with Crippen molar-refractivity contribution < 1.29 is 0 Å². The molecule has 0 aliphatic rings. The third kappa shape index (κ3) is 16.1. The van der Waals surface area contributed by atoms with Gasteiger partial charge in [-0.15, -0.1) is 0 Å². The summed E-state index contributed by atoms with van der Waals surface area (Å²) in [6.07, 6.45) is 17.1. The molecule has 0 aliphatic carbocycles. The minimum atomic E-state index is -2.16. The molecule has 0 aromatic heterocycles. The van der Waals surface area contributed by atoms with Crippen molar-refractivity contribution in [2.24, 2.45) is 11.5 Å². The van der Waals surface area contributed by atoms with Crippen LogP contribution in [0.5, 0.6) is 0 Å². The molecule has 0 aromatic rings. The van der Waals surface area contributed by atoms with Gasteiger partial charge in [-0.3, -0.25) is 0 Å². The van der Waals surface area contributed by atoms with Crippen LogP contribution in [0.15, 0.2) is 0 Å². The Hall–Kier alpha value is 1.42. The van der Waals surface area contributed by atoms with Crippen molar-refractivity contribution in [2.45, 2.75) is 99.8 Å². The fraction of sp³-hybridized carbons (Fsp3) is 1.00. The molecule has 0 radical (unpaired) electrons. The summed E-state index contributed by atoms with van der Waals surface area (Å²) in [6.45, 7) is 6.29. The Morgan fingerprint density at radius 3 is 1.28 bits per heavy atom. The van der Waals surface area contributed by atoms with E-state index in [1.165, 1.54) is 88.6 Å². The Morgan fingerprint density at radius 2 is 0.920 bits per heavy atom. The van der Waals surface area contributed by atoms with Crippen molar-refractivity contribution in [3.63, 3.8) is 0 Å². The minimum absolute atomic E-state index is 0.847. The van der Waals surface area contributed by atoms with E-state index in [1.54, 1.807) is 8.87 Å². The molecule has 0 atom stereocenters. The molecule has 0 aliphatic heterocycles. The van der Waals surface area contributed by atoms with Crippen LogP contribution in [0.3, 0.4) is 0 Å². The maximum absolute atomic E-state index is 5.86. The zero-order valence-corrected chi connectivity index (χ0v) is 21.7. The van der Waals surface area contributed by atoms with Gasteiger partial charge in [0.15, 0.2) is 0 Å². The molecule has 4 N–H and O–H groups in total. The fourth-order valence-electron chi connectivity index (χ4n) is 3.29. The zero-order valence-electron chi connectivity index (χ0n) is 17.2. The summed E-state index contributed by atoms with van der Waals surface area (Å²) in [6, 6.07) is 0. The van der Waals surface area contributed by atoms with Crippen LogP contribution in [-0.4, -0.2) is 40.2 Å². The fourth-order valence-corrected chi connectivity index (χ4v) is 33.1. The molecule has 0 saturated heterocycles. The summed E-state index contributed by atoms with van der Waals surface area (Å²) in [4.78, 5) is 0. The Kier molecular flexibility index (Phi) is 21.3. The van der Waals surface area contributed by atoms with E-state index in [4.69, 9.17) is 11.5 Å². The molecule has 0 saturated carbocycles. The van der Waals surface area contributed by atoms with Crippen molar-refractivity contribution in [3.05, 3.63) is 0 Å². The number of hydrogen-bond acceptors (Lipinski definition) is 4. The van der Waals surface area contributed by atoms with Crippen molar-refractivity contribution in [3.8, 4) is 0 Å². The van der Waals surface area contributed by atoms with E-state index in [9.17, 15) is 0 Å². The van der Waals surface area contributed by atoms with Crippen molar-refractivity contribution in [1.82, 2.24) is 0 Å². The summed E-state index contributed by atoms with van der Waals surface area (Å²) in [5.41, 5.74) is 11.7. The molecule has 2 nitrogen and oxygen atoms in total. The second-order valence-electron chi connectivity index (χ2n) is 7.22. The van der Waals surface area contributed by atoms with Gasteiger partial charge >= 0.3 is 169 Å². The van der Waals surface area contributed by atoms with Crippen LogP contribution in [0.1, 0.15) is 90.9 Å². The Labute approximate surface area is 168 Å². The van der Waals surface area contributed by atoms with Gasteiger partial charge in [0.2, 0.25) is 0 Å². The van der Waals surface area contributed by atoms with Crippen molar-refractivity contribution >= 4 is 33.5 Å². The third-order valence-corrected chi connectivity index (χ3v) is 35.8. The average Bonchev–Trinajstić information content (AvgIpc) is 2.63. The molecular formula is C20H46N2S2Sn. The van der Waals surface area contributed by atoms with Crippen molar-refractivity contribution in [2.75, 3.05) is 24.6 Å². The van der Waals surface area contributed by atoms with Gasteiger partial charge < -0.3 is 0 Å². The van der Waals surface area contributed by atoms with Crippen molar-refractivity contribution in [1.29, 1.82) is 0 Å². The van der Waals surface area contributed by atoms with Crippen LogP contribution in [0.2, 0.25) is 8.87 Å².